The molecular weight excluding hydrogens is 294 g/mol. The Kier molecular flexibility index (Phi) is 10.4. The number of aliphatic hydroxyl groups is 1. The lowest BCUT2D eigenvalue weighted by molar-refractivity contribution is -0.149. The van der Waals surface area contributed by atoms with Gasteiger partial charge in [0.25, 0.3) is 0 Å². The zero-order chi connectivity index (χ0) is 18.0. The van der Waals surface area contributed by atoms with E-state index in [-0.39, 0.29) is 18.4 Å². The lowest BCUT2D eigenvalue weighted by Crippen LogP contribution is -2.25. The molecule has 0 bridgehead atoms. The third-order valence-corrected chi connectivity index (χ3v) is 3.23. The predicted molar refractivity (Wildman–Crippen MR) is 91.8 cm³/mol. The average Bonchev–Trinajstić information content (AvgIpc) is 2.71. The van der Waals surface area contributed by atoms with E-state index in [2.05, 4.69) is 23.5 Å². The van der Waals surface area contributed by atoms with E-state index in [1.807, 2.05) is 27.7 Å². The van der Waals surface area contributed by atoms with E-state index in [1.165, 1.54) is 0 Å². The average molecular weight is 325 g/mol. The number of hydrogen-bond acceptors (Lipinski definition) is 5. The van der Waals surface area contributed by atoms with E-state index in [1.54, 1.807) is 12.2 Å². The molecule has 132 valence electrons. The Labute approximate surface area is 140 Å². The number of esters is 2. The van der Waals surface area contributed by atoms with Crippen molar-refractivity contribution in [1.82, 2.24) is 4.90 Å². The molecule has 0 spiro atoms. The smallest absolute Gasteiger partial charge is 0.346 e. The van der Waals surface area contributed by atoms with Gasteiger partial charge in [0.2, 0.25) is 0 Å². The molecule has 0 aromatic carbocycles. The van der Waals surface area contributed by atoms with E-state index in [0.717, 1.165) is 19.6 Å². The molecule has 1 saturated heterocycles. The first-order valence-electron chi connectivity index (χ1n) is 8.30. The summed E-state index contributed by atoms with van der Waals surface area (Å²) in [5.74, 6) is -0.621. The van der Waals surface area contributed by atoms with Gasteiger partial charge in [0.15, 0.2) is 0 Å². The highest BCUT2D eigenvalue weighted by Gasteiger charge is 2.33. The Bertz CT molecular complexity index is 412. The van der Waals surface area contributed by atoms with Crippen LogP contribution in [0.1, 0.15) is 41.5 Å². The molecule has 1 N–H and O–H groups in total. The second kappa shape index (κ2) is 11.1. The summed E-state index contributed by atoms with van der Waals surface area (Å²) in [6.07, 6.45) is 3.53. The van der Waals surface area contributed by atoms with E-state index >= 15 is 0 Å². The van der Waals surface area contributed by atoms with E-state index in [0.29, 0.717) is 11.1 Å². The molecular formula is C18H31NO4. The van der Waals surface area contributed by atoms with E-state index in [9.17, 15) is 9.59 Å². The normalized spacial score (nSPS) is 18.2. The monoisotopic (exact) mass is 325 g/mol. The van der Waals surface area contributed by atoms with Crippen molar-refractivity contribution in [2.75, 3.05) is 26.2 Å². The largest absolute Gasteiger partial charge is 0.395 e. The molecule has 0 aliphatic carbocycles. The maximum atomic E-state index is 11.4. The van der Waals surface area contributed by atoms with Crippen LogP contribution in [0.15, 0.2) is 23.3 Å². The summed E-state index contributed by atoms with van der Waals surface area (Å²) in [6, 6.07) is 0. The zero-order valence-electron chi connectivity index (χ0n) is 15.3. The second-order valence-corrected chi connectivity index (χ2v) is 6.08. The number of cyclic esters (lactones) is 2. The molecule has 1 heterocycles. The molecule has 1 aliphatic rings. The Morgan fingerprint density at radius 2 is 1.35 bits per heavy atom. The fourth-order valence-electron chi connectivity index (χ4n) is 2.08. The van der Waals surface area contributed by atoms with Crippen LogP contribution in [0.2, 0.25) is 0 Å². The van der Waals surface area contributed by atoms with Crippen molar-refractivity contribution in [3.63, 3.8) is 0 Å². The van der Waals surface area contributed by atoms with Gasteiger partial charge in [-0.2, -0.15) is 0 Å². The fraction of sp³-hybridized carbons (Fsp3) is 0.667. The Morgan fingerprint density at radius 3 is 1.57 bits per heavy atom. The van der Waals surface area contributed by atoms with Crippen molar-refractivity contribution in [3.05, 3.63) is 23.3 Å². The maximum absolute atomic E-state index is 11.4. The van der Waals surface area contributed by atoms with Crippen LogP contribution in [-0.2, 0) is 14.3 Å². The first-order chi connectivity index (χ1) is 10.8. The highest BCUT2D eigenvalue weighted by Crippen LogP contribution is 2.24. The third-order valence-electron chi connectivity index (χ3n) is 3.23. The van der Waals surface area contributed by atoms with Crippen LogP contribution in [0.25, 0.3) is 0 Å². The minimum absolute atomic E-state index is 0.217. The highest BCUT2D eigenvalue weighted by atomic mass is 16.6. The molecule has 0 radical (unpaired) electrons. The highest BCUT2D eigenvalue weighted by molar-refractivity contribution is 6.18. The number of hydrogen-bond donors (Lipinski definition) is 1. The van der Waals surface area contributed by atoms with Crippen LogP contribution in [0, 0.1) is 11.8 Å². The van der Waals surface area contributed by atoms with Gasteiger partial charge >= 0.3 is 11.9 Å². The van der Waals surface area contributed by atoms with Gasteiger partial charge in [-0.1, -0.05) is 53.7 Å². The van der Waals surface area contributed by atoms with Crippen LogP contribution in [-0.4, -0.2) is 48.2 Å². The van der Waals surface area contributed by atoms with E-state index < -0.39 is 11.9 Å². The van der Waals surface area contributed by atoms with Gasteiger partial charge in [-0.05, 0) is 24.9 Å². The molecule has 5 heteroatoms. The molecule has 0 amide bonds. The van der Waals surface area contributed by atoms with Crippen molar-refractivity contribution in [2.45, 2.75) is 41.5 Å². The standard InChI is InChI=1S/C12H16O3.C6H15NO/c1-7(2)5-9-10(6-8(3)4)12(14)15-11(9)13;1-3-7(4-2)5-6-8/h5-8H,1-4H3;8H,3-6H2,1-2H3. The molecule has 0 unspecified atom stereocenters. The Morgan fingerprint density at radius 1 is 0.957 bits per heavy atom. The minimum atomic E-state index is -0.527. The predicted octanol–water partition coefficient (Wildman–Crippen LogP) is 2.56. The Hall–Kier alpha value is -1.46. The van der Waals surface area contributed by atoms with Gasteiger partial charge < -0.3 is 14.7 Å². The van der Waals surface area contributed by atoms with Crippen LogP contribution >= 0.6 is 0 Å². The fourth-order valence-corrected chi connectivity index (χ4v) is 2.08. The minimum Gasteiger partial charge on any atom is -0.395 e. The first kappa shape index (κ1) is 21.5. The summed E-state index contributed by atoms with van der Waals surface area (Å²) in [5, 5.41) is 8.46. The summed E-state index contributed by atoms with van der Waals surface area (Å²) in [7, 11) is 0. The van der Waals surface area contributed by atoms with Gasteiger partial charge in [0, 0.05) is 6.54 Å². The molecule has 1 rings (SSSR count). The van der Waals surface area contributed by atoms with E-state index in [4.69, 9.17) is 5.11 Å². The van der Waals surface area contributed by atoms with Crippen molar-refractivity contribution in [2.24, 2.45) is 11.8 Å². The van der Waals surface area contributed by atoms with Crippen molar-refractivity contribution in [1.29, 1.82) is 0 Å². The van der Waals surface area contributed by atoms with Crippen LogP contribution in [0.5, 0.6) is 0 Å². The van der Waals surface area contributed by atoms with Gasteiger partial charge in [-0.25, -0.2) is 9.59 Å². The SMILES string of the molecule is CC(C)C=C1C(=O)OC(=O)C1=CC(C)C.CCN(CC)CCO. The Balaban J connectivity index is 0.000000515. The molecule has 23 heavy (non-hydrogen) atoms. The van der Waals surface area contributed by atoms with Crippen LogP contribution < -0.4 is 0 Å². The summed E-state index contributed by atoms with van der Waals surface area (Å²) >= 11 is 0. The van der Waals surface area contributed by atoms with Crippen molar-refractivity contribution >= 4 is 11.9 Å². The number of rotatable bonds is 6. The van der Waals surface area contributed by atoms with Crippen molar-refractivity contribution in [3.8, 4) is 0 Å². The van der Waals surface area contributed by atoms with Gasteiger partial charge in [0.05, 0.1) is 17.8 Å². The topological polar surface area (TPSA) is 66.8 Å². The molecule has 5 nitrogen and oxygen atoms in total. The van der Waals surface area contributed by atoms with Crippen LogP contribution in [0.3, 0.4) is 0 Å². The number of ether oxygens (including phenoxy) is 1. The number of carbonyl (C=O) groups is 2. The number of nitrogens with zero attached hydrogens (tertiary/aromatic N) is 1. The molecule has 0 aromatic heterocycles. The molecule has 1 aliphatic heterocycles. The summed E-state index contributed by atoms with van der Waals surface area (Å²) in [4.78, 5) is 24.9. The zero-order valence-corrected chi connectivity index (χ0v) is 15.3. The second-order valence-electron chi connectivity index (χ2n) is 6.08. The maximum Gasteiger partial charge on any atom is 0.346 e. The van der Waals surface area contributed by atoms with Gasteiger partial charge in [-0.3, -0.25) is 0 Å². The van der Waals surface area contributed by atoms with Gasteiger partial charge in [0.1, 0.15) is 0 Å². The molecule has 0 saturated carbocycles. The lowest BCUT2D eigenvalue weighted by atomic mass is 10.0. The first-order valence-corrected chi connectivity index (χ1v) is 8.30. The quantitative estimate of drug-likeness (QED) is 0.462. The van der Waals surface area contributed by atoms with Gasteiger partial charge in [-0.15, -0.1) is 0 Å². The molecule has 0 aromatic rings. The van der Waals surface area contributed by atoms with Crippen molar-refractivity contribution < 1.29 is 19.4 Å². The summed E-state index contributed by atoms with van der Waals surface area (Å²) < 4.78 is 4.57. The van der Waals surface area contributed by atoms with Crippen LogP contribution in [0.4, 0.5) is 0 Å². The molecule has 1 fully saturated rings. The third kappa shape index (κ3) is 8.09. The number of aliphatic hydroxyl groups excluding tert-OH is 1. The number of likely N-dealkylation sites (N-methyl/N-ethyl adjacent to an activating group) is 1. The number of carbonyl (C=O) groups excluding carboxylic acids is 2. The summed E-state index contributed by atoms with van der Waals surface area (Å²) in [6.45, 7) is 15.2. The lowest BCUT2D eigenvalue weighted by Gasteiger charge is -2.15. The summed E-state index contributed by atoms with van der Waals surface area (Å²) in [5.41, 5.74) is 0.812. The molecule has 0 atom stereocenters. The number of allylic oxidation sites excluding steroid dienone is 2.